The van der Waals surface area contributed by atoms with Gasteiger partial charge in [-0.15, -0.1) is 0 Å². The van der Waals surface area contributed by atoms with Crippen molar-refractivity contribution in [1.29, 1.82) is 0 Å². The standard InChI is InChI=1S/C49H31NO/c1-49(2)42-16-7-5-12-33(42)38-22-23-39-34-13-6-8-17-43(34)50(48(39)47(38)49)29-19-25-45-41(27-29)40-26-28(18-24-44(40)51-45)30-20-21-37-32-11-4-3-10-31(32)36-15-9-14-35(30)46(36)37/h3-27H,1-2H3. The second-order valence-electron chi connectivity index (χ2n) is 14.8. The predicted molar refractivity (Wildman–Crippen MR) is 213 cm³/mol. The largest absolute Gasteiger partial charge is 0.456 e. The maximum absolute atomic E-state index is 6.51. The van der Waals surface area contributed by atoms with Gasteiger partial charge >= 0.3 is 0 Å². The number of nitrogens with zero attached hydrogens (tertiary/aromatic N) is 1. The Hall–Kier alpha value is -6.38. The highest BCUT2D eigenvalue weighted by Crippen LogP contribution is 2.53. The summed E-state index contributed by atoms with van der Waals surface area (Å²) in [5, 5.41) is 7.46. The van der Waals surface area contributed by atoms with Crippen LogP contribution in [0.5, 0.6) is 0 Å². The zero-order chi connectivity index (χ0) is 33.6. The van der Waals surface area contributed by atoms with E-state index < -0.39 is 0 Å². The van der Waals surface area contributed by atoms with Crippen molar-refractivity contribution in [2.24, 2.45) is 0 Å². The average molecular weight is 650 g/mol. The van der Waals surface area contributed by atoms with E-state index in [1.54, 1.807) is 0 Å². The number of para-hydroxylation sites is 1. The summed E-state index contributed by atoms with van der Waals surface area (Å²) < 4.78 is 9.01. The Balaban J connectivity index is 1.10. The molecule has 0 saturated heterocycles. The SMILES string of the molecule is CC1(C)c2ccccc2-c2ccc3c4ccccc4n(-c4ccc5oc6ccc(-c7ccc8c9c(cccc79)-c7ccccc7-8)cc6c5c4)c3c21. The number of hydrogen-bond acceptors (Lipinski definition) is 1. The molecule has 0 radical (unpaired) electrons. The maximum atomic E-state index is 6.51. The molecule has 0 amide bonds. The molecule has 2 aliphatic rings. The second kappa shape index (κ2) is 9.44. The van der Waals surface area contributed by atoms with Gasteiger partial charge in [0.15, 0.2) is 0 Å². The lowest BCUT2D eigenvalue weighted by Crippen LogP contribution is -2.16. The number of aromatic nitrogens is 1. The van der Waals surface area contributed by atoms with Crippen LogP contribution >= 0.6 is 0 Å². The summed E-state index contributed by atoms with van der Waals surface area (Å²) in [6.07, 6.45) is 0. The van der Waals surface area contributed by atoms with Crippen molar-refractivity contribution in [3.63, 3.8) is 0 Å². The molecular weight excluding hydrogens is 619 g/mol. The number of fused-ring (bicyclic) bond motifs is 13. The molecule has 0 atom stereocenters. The van der Waals surface area contributed by atoms with Crippen molar-refractivity contribution < 1.29 is 4.42 Å². The third kappa shape index (κ3) is 3.42. The molecule has 0 N–H and O–H groups in total. The van der Waals surface area contributed by atoms with Gasteiger partial charge in [0, 0.05) is 32.6 Å². The Morgan fingerprint density at radius 3 is 1.96 bits per heavy atom. The van der Waals surface area contributed by atoms with Crippen LogP contribution in [0.4, 0.5) is 0 Å². The Kier molecular flexibility index (Phi) is 5.08. The minimum atomic E-state index is -0.139. The summed E-state index contributed by atoms with van der Waals surface area (Å²) in [7, 11) is 0. The molecule has 2 aliphatic carbocycles. The first-order chi connectivity index (χ1) is 25.1. The van der Waals surface area contributed by atoms with Crippen LogP contribution in [0.1, 0.15) is 25.0 Å². The van der Waals surface area contributed by atoms with Gasteiger partial charge in [0.05, 0.1) is 11.0 Å². The monoisotopic (exact) mass is 649 g/mol. The van der Waals surface area contributed by atoms with E-state index in [1.165, 1.54) is 88.2 Å². The fourth-order valence-electron chi connectivity index (χ4n) is 9.71. The van der Waals surface area contributed by atoms with Crippen LogP contribution in [0.25, 0.3) is 105 Å². The molecule has 2 nitrogen and oxygen atoms in total. The van der Waals surface area contributed by atoms with Crippen molar-refractivity contribution >= 4 is 54.5 Å². The van der Waals surface area contributed by atoms with E-state index >= 15 is 0 Å². The Morgan fingerprint density at radius 1 is 0.451 bits per heavy atom. The van der Waals surface area contributed by atoms with Gasteiger partial charge in [-0.1, -0.05) is 129 Å². The Bertz CT molecular complexity index is 3140. The first kappa shape index (κ1) is 27.4. The lowest BCUT2D eigenvalue weighted by molar-refractivity contribution is 0.663. The van der Waals surface area contributed by atoms with E-state index in [9.17, 15) is 0 Å². The molecule has 0 spiro atoms. The molecular formula is C49H31NO. The van der Waals surface area contributed by atoms with Crippen molar-refractivity contribution in [2.45, 2.75) is 19.3 Å². The first-order valence-electron chi connectivity index (χ1n) is 17.9. The van der Waals surface area contributed by atoms with Crippen LogP contribution in [0, 0.1) is 0 Å². The van der Waals surface area contributed by atoms with Crippen LogP contribution in [0.2, 0.25) is 0 Å². The Morgan fingerprint density at radius 2 is 1.10 bits per heavy atom. The van der Waals surface area contributed by atoms with Gasteiger partial charge in [0.25, 0.3) is 0 Å². The molecule has 2 heteroatoms. The number of benzene rings is 8. The number of rotatable bonds is 2. The molecule has 238 valence electrons. The molecule has 2 aromatic heterocycles. The summed E-state index contributed by atoms with van der Waals surface area (Å²) in [5.41, 5.74) is 18.5. The van der Waals surface area contributed by atoms with E-state index in [1.807, 2.05) is 0 Å². The van der Waals surface area contributed by atoms with E-state index in [0.29, 0.717) is 0 Å². The molecule has 0 unspecified atom stereocenters. The quantitative estimate of drug-likeness (QED) is 0.182. The third-order valence-corrected chi connectivity index (χ3v) is 11.9. The summed E-state index contributed by atoms with van der Waals surface area (Å²) in [5.74, 6) is 0. The maximum Gasteiger partial charge on any atom is 0.135 e. The van der Waals surface area contributed by atoms with Gasteiger partial charge < -0.3 is 8.98 Å². The zero-order valence-electron chi connectivity index (χ0n) is 28.3. The van der Waals surface area contributed by atoms with Crippen LogP contribution in [-0.4, -0.2) is 4.57 Å². The zero-order valence-corrected chi connectivity index (χ0v) is 28.3. The molecule has 51 heavy (non-hydrogen) atoms. The van der Waals surface area contributed by atoms with E-state index in [-0.39, 0.29) is 5.41 Å². The van der Waals surface area contributed by atoms with Gasteiger partial charge in [-0.2, -0.15) is 0 Å². The van der Waals surface area contributed by atoms with Gasteiger partial charge in [-0.25, -0.2) is 0 Å². The van der Waals surface area contributed by atoms with Crippen molar-refractivity contribution in [1.82, 2.24) is 4.57 Å². The topological polar surface area (TPSA) is 18.1 Å². The van der Waals surface area contributed by atoms with Gasteiger partial charge in [0.2, 0.25) is 0 Å². The fourth-order valence-corrected chi connectivity index (χ4v) is 9.71. The molecule has 0 aliphatic heterocycles. The molecule has 8 aromatic carbocycles. The summed E-state index contributed by atoms with van der Waals surface area (Å²) >= 11 is 0. The molecule has 0 bridgehead atoms. The minimum absolute atomic E-state index is 0.139. The first-order valence-corrected chi connectivity index (χ1v) is 17.9. The Labute approximate surface area is 294 Å². The van der Waals surface area contributed by atoms with Crippen molar-refractivity contribution in [3.8, 4) is 50.2 Å². The van der Waals surface area contributed by atoms with Crippen LogP contribution < -0.4 is 0 Å². The predicted octanol–water partition coefficient (Wildman–Crippen LogP) is 13.5. The highest BCUT2D eigenvalue weighted by molar-refractivity contribution is 6.19. The van der Waals surface area contributed by atoms with Gasteiger partial charge in [-0.3, -0.25) is 0 Å². The average Bonchev–Trinajstić information content (AvgIpc) is 3.88. The summed E-state index contributed by atoms with van der Waals surface area (Å²) in [4.78, 5) is 0. The summed E-state index contributed by atoms with van der Waals surface area (Å²) in [6.45, 7) is 4.76. The van der Waals surface area contributed by atoms with Crippen LogP contribution in [-0.2, 0) is 5.41 Å². The molecule has 10 aromatic rings. The van der Waals surface area contributed by atoms with Crippen LogP contribution in [0.15, 0.2) is 156 Å². The lowest BCUT2D eigenvalue weighted by Gasteiger charge is -2.23. The van der Waals surface area contributed by atoms with Crippen molar-refractivity contribution in [2.75, 3.05) is 0 Å². The van der Waals surface area contributed by atoms with E-state index in [0.717, 1.165) is 27.6 Å². The molecule has 12 rings (SSSR count). The van der Waals surface area contributed by atoms with Gasteiger partial charge in [0.1, 0.15) is 11.2 Å². The van der Waals surface area contributed by atoms with E-state index in [4.69, 9.17) is 4.42 Å². The molecule has 0 fully saturated rings. The summed E-state index contributed by atoms with van der Waals surface area (Å²) in [6, 6.07) is 56.0. The lowest BCUT2D eigenvalue weighted by atomic mass is 9.81. The molecule has 2 heterocycles. The number of hydrogen-bond donors (Lipinski definition) is 0. The fraction of sp³-hybridized carbons (Fsp3) is 0.0612. The van der Waals surface area contributed by atoms with Crippen LogP contribution in [0.3, 0.4) is 0 Å². The number of furan rings is 1. The van der Waals surface area contributed by atoms with Crippen molar-refractivity contribution in [3.05, 3.63) is 163 Å². The third-order valence-electron chi connectivity index (χ3n) is 11.9. The van der Waals surface area contributed by atoms with Gasteiger partial charge in [-0.05, 0) is 103 Å². The normalized spacial score (nSPS) is 13.8. The highest BCUT2D eigenvalue weighted by atomic mass is 16.3. The smallest absolute Gasteiger partial charge is 0.135 e. The second-order valence-corrected chi connectivity index (χ2v) is 14.8. The van der Waals surface area contributed by atoms with E-state index in [2.05, 4.69) is 170 Å². The minimum Gasteiger partial charge on any atom is -0.456 e. The molecule has 0 saturated carbocycles. The highest BCUT2D eigenvalue weighted by Gasteiger charge is 2.38.